The van der Waals surface area contributed by atoms with Crippen molar-refractivity contribution < 1.29 is 14.6 Å². The highest BCUT2D eigenvalue weighted by Gasteiger charge is 2.15. The molecular formula is C19H23FO2. The van der Waals surface area contributed by atoms with Gasteiger partial charge in [-0.1, -0.05) is 50.8 Å². The van der Waals surface area contributed by atoms with Gasteiger partial charge in [-0.15, -0.1) is 0 Å². The summed E-state index contributed by atoms with van der Waals surface area (Å²) >= 11 is 0. The number of unbranched alkanes of at least 4 members (excludes halogenated alkanes) is 3. The lowest BCUT2D eigenvalue weighted by Crippen LogP contribution is -2.02. The first kappa shape index (κ1) is 16.3. The van der Waals surface area contributed by atoms with Crippen LogP contribution < -0.4 is 0 Å². The zero-order valence-electron chi connectivity index (χ0n) is 12.9. The minimum Gasteiger partial charge on any atom is -0.504 e. The fourth-order valence-corrected chi connectivity index (χ4v) is 2.75. The summed E-state index contributed by atoms with van der Waals surface area (Å²) in [5, 5.41) is 19.2. The monoisotopic (exact) mass is 302 g/mol. The molecule has 0 saturated heterocycles. The second-order valence-electron chi connectivity index (χ2n) is 5.70. The molecule has 3 heteroatoms. The average Bonchev–Trinajstić information content (AvgIpc) is 2.52. The number of aromatic hydroxyl groups is 2. The second kappa shape index (κ2) is 7.83. The van der Waals surface area contributed by atoms with Crippen LogP contribution in [-0.4, -0.2) is 10.2 Å². The maximum absolute atomic E-state index is 13.1. The molecule has 1 unspecified atom stereocenters. The van der Waals surface area contributed by atoms with Gasteiger partial charge in [0.05, 0.1) is 0 Å². The maximum atomic E-state index is 13.1. The number of phenolic OH excluding ortho intramolecular Hbond substituents is 2. The van der Waals surface area contributed by atoms with Crippen molar-refractivity contribution in [1.29, 1.82) is 0 Å². The highest BCUT2D eigenvalue weighted by molar-refractivity contribution is 5.44. The molecule has 0 aliphatic rings. The van der Waals surface area contributed by atoms with Crippen LogP contribution >= 0.6 is 0 Å². The third-order valence-corrected chi connectivity index (χ3v) is 4.02. The van der Waals surface area contributed by atoms with Gasteiger partial charge < -0.3 is 10.2 Å². The standard InChI is InChI=1S/C19H23FO2/c1-2-3-4-5-6-17(14-7-10-16(20)11-8-14)15-9-12-18(21)19(22)13-15/h7-13,17,21-22H,2-6H2,1H3. The van der Waals surface area contributed by atoms with Crippen LogP contribution in [-0.2, 0) is 0 Å². The smallest absolute Gasteiger partial charge is 0.157 e. The fourth-order valence-electron chi connectivity index (χ4n) is 2.75. The molecule has 22 heavy (non-hydrogen) atoms. The summed E-state index contributed by atoms with van der Waals surface area (Å²) in [5.41, 5.74) is 1.97. The predicted octanol–water partition coefficient (Wildman–Crippen LogP) is 5.34. The van der Waals surface area contributed by atoms with Crippen molar-refractivity contribution in [2.75, 3.05) is 0 Å². The summed E-state index contributed by atoms with van der Waals surface area (Å²) < 4.78 is 13.1. The Morgan fingerprint density at radius 1 is 0.864 bits per heavy atom. The van der Waals surface area contributed by atoms with Crippen LogP contribution in [0.2, 0.25) is 0 Å². The Morgan fingerprint density at radius 2 is 1.55 bits per heavy atom. The third kappa shape index (κ3) is 4.23. The Kier molecular flexibility index (Phi) is 5.82. The first-order valence-electron chi connectivity index (χ1n) is 7.89. The summed E-state index contributed by atoms with van der Waals surface area (Å²) in [6, 6.07) is 11.5. The third-order valence-electron chi connectivity index (χ3n) is 4.02. The largest absolute Gasteiger partial charge is 0.504 e. The molecule has 2 aromatic carbocycles. The van der Waals surface area contributed by atoms with E-state index in [1.54, 1.807) is 18.2 Å². The first-order chi connectivity index (χ1) is 10.6. The van der Waals surface area contributed by atoms with E-state index in [1.807, 2.05) is 6.07 Å². The van der Waals surface area contributed by atoms with E-state index < -0.39 is 0 Å². The van der Waals surface area contributed by atoms with Crippen LogP contribution in [0.3, 0.4) is 0 Å². The minimum atomic E-state index is -0.248. The topological polar surface area (TPSA) is 40.5 Å². The molecule has 0 amide bonds. The average molecular weight is 302 g/mol. The first-order valence-corrected chi connectivity index (χ1v) is 7.89. The molecule has 0 saturated carbocycles. The SMILES string of the molecule is CCCCCCC(c1ccc(F)cc1)c1ccc(O)c(O)c1. The molecule has 0 aliphatic carbocycles. The van der Waals surface area contributed by atoms with Crippen molar-refractivity contribution in [2.24, 2.45) is 0 Å². The van der Waals surface area contributed by atoms with E-state index in [2.05, 4.69) is 6.92 Å². The molecular weight excluding hydrogens is 279 g/mol. The van der Waals surface area contributed by atoms with Crippen molar-refractivity contribution in [3.05, 3.63) is 59.4 Å². The molecule has 0 bridgehead atoms. The Bertz CT molecular complexity index is 593. The van der Waals surface area contributed by atoms with E-state index in [-0.39, 0.29) is 23.2 Å². The molecule has 0 aliphatic heterocycles. The van der Waals surface area contributed by atoms with Crippen LogP contribution in [0, 0.1) is 5.82 Å². The zero-order valence-corrected chi connectivity index (χ0v) is 12.9. The molecule has 0 heterocycles. The van der Waals surface area contributed by atoms with Gasteiger partial charge in [0.1, 0.15) is 5.82 Å². The Balaban J connectivity index is 2.23. The molecule has 1 atom stereocenters. The molecule has 2 aromatic rings. The summed E-state index contributed by atoms with van der Waals surface area (Å²) in [6.07, 6.45) is 5.57. The Morgan fingerprint density at radius 3 is 2.18 bits per heavy atom. The molecule has 2 nitrogen and oxygen atoms in total. The van der Waals surface area contributed by atoms with Crippen LogP contribution in [0.15, 0.2) is 42.5 Å². The normalized spacial score (nSPS) is 12.3. The van der Waals surface area contributed by atoms with E-state index >= 15 is 0 Å². The number of rotatable bonds is 7. The Hall–Kier alpha value is -2.03. The van der Waals surface area contributed by atoms with Crippen molar-refractivity contribution in [3.63, 3.8) is 0 Å². The molecule has 0 spiro atoms. The van der Waals surface area contributed by atoms with Crippen molar-refractivity contribution in [2.45, 2.75) is 44.9 Å². The number of hydrogen-bond acceptors (Lipinski definition) is 2. The van der Waals surface area contributed by atoms with E-state index in [4.69, 9.17) is 0 Å². The van der Waals surface area contributed by atoms with Gasteiger partial charge >= 0.3 is 0 Å². The van der Waals surface area contributed by atoms with Crippen LogP contribution in [0.4, 0.5) is 4.39 Å². The number of halogens is 1. The van der Waals surface area contributed by atoms with Gasteiger partial charge in [0.2, 0.25) is 0 Å². The highest BCUT2D eigenvalue weighted by Crippen LogP contribution is 2.35. The zero-order chi connectivity index (χ0) is 15.9. The number of hydrogen-bond donors (Lipinski definition) is 2. The molecule has 2 rings (SSSR count). The lowest BCUT2D eigenvalue weighted by Gasteiger charge is -2.18. The van der Waals surface area contributed by atoms with Gasteiger partial charge in [0.25, 0.3) is 0 Å². The maximum Gasteiger partial charge on any atom is 0.157 e. The minimum absolute atomic E-state index is 0.101. The van der Waals surface area contributed by atoms with E-state index in [0.29, 0.717) is 0 Å². The van der Waals surface area contributed by atoms with Crippen molar-refractivity contribution in [1.82, 2.24) is 0 Å². The van der Waals surface area contributed by atoms with E-state index in [1.165, 1.54) is 31.0 Å². The summed E-state index contributed by atoms with van der Waals surface area (Å²) in [4.78, 5) is 0. The van der Waals surface area contributed by atoms with Crippen molar-refractivity contribution >= 4 is 0 Å². The lowest BCUT2D eigenvalue weighted by atomic mass is 9.86. The molecule has 2 N–H and O–H groups in total. The van der Waals surface area contributed by atoms with Gasteiger partial charge in [0, 0.05) is 5.92 Å². The predicted molar refractivity (Wildman–Crippen MR) is 86.8 cm³/mol. The lowest BCUT2D eigenvalue weighted by molar-refractivity contribution is 0.402. The van der Waals surface area contributed by atoms with Crippen LogP contribution in [0.1, 0.15) is 56.1 Å². The van der Waals surface area contributed by atoms with Gasteiger partial charge in [-0.05, 0) is 41.8 Å². The van der Waals surface area contributed by atoms with Crippen LogP contribution in [0.5, 0.6) is 11.5 Å². The molecule has 0 radical (unpaired) electrons. The quantitative estimate of drug-likeness (QED) is 0.535. The summed E-state index contributed by atoms with van der Waals surface area (Å²) in [7, 11) is 0. The van der Waals surface area contributed by atoms with Gasteiger partial charge in [-0.25, -0.2) is 4.39 Å². The van der Waals surface area contributed by atoms with Crippen LogP contribution in [0.25, 0.3) is 0 Å². The summed E-state index contributed by atoms with van der Waals surface area (Å²) in [5.74, 6) is -0.378. The highest BCUT2D eigenvalue weighted by atomic mass is 19.1. The Labute approximate surface area is 131 Å². The van der Waals surface area contributed by atoms with Gasteiger partial charge in [-0.2, -0.15) is 0 Å². The fraction of sp³-hybridized carbons (Fsp3) is 0.368. The van der Waals surface area contributed by atoms with Gasteiger partial charge in [0.15, 0.2) is 11.5 Å². The second-order valence-corrected chi connectivity index (χ2v) is 5.70. The van der Waals surface area contributed by atoms with E-state index in [0.717, 1.165) is 30.4 Å². The number of benzene rings is 2. The van der Waals surface area contributed by atoms with Crippen molar-refractivity contribution in [3.8, 4) is 11.5 Å². The number of phenols is 2. The summed E-state index contributed by atoms with van der Waals surface area (Å²) in [6.45, 7) is 2.18. The van der Waals surface area contributed by atoms with E-state index in [9.17, 15) is 14.6 Å². The molecule has 0 fully saturated rings. The molecule has 118 valence electrons. The molecule has 0 aromatic heterocycles. The van der Waals surface area contributed by atoms with Gasteiger partial charge in [-0.3, -0.25) is 0 Å².